The molecule has 1 amide bonds. The van der Waals surface area contributed by atoms with Crippen LogP contribution in [0.3, 0.4) is 0 Å². The Morgan fingerprint density at radius 2 is 2.05 bits per heavy atom. The minimum absolute atomic E-state index is 0.0396. The first-order valence-electron chi connectivity index (χ1n) is 7.68. The van der Waals surface area contributed by atoms with Crippen molar-refractivity contribution >= 4 is 17.5 Å². The zero-order valence-corrected chi connectivity index (χ0v) is 13.1. The van der Waals surface area contributed by atoms with Gasteiger partial charge in [-0.2, -0.15) is 0 Å². The van der Waals surface area contributed by atoms with Crippen LogP contribution in [0.5, 0.6) is 0 Å². The second-order valence-corrected chi connectivity index (χ2v) is 5.82. The van der Waals surface area contributed by atoms with Crippen molar-refractivity contribution in [3.8, 4) is 0 Å². The van der Waals surface area contributed by atoms with E-state index < -0.39 is 0 Å². The van der Waals surface area contributed by atoms with E-state index in [1.165, 1.54) is 0 Å². The van der Waals surface area contributed by atoms with Crippen molar-refractivity contribution in [1.29, 1.82) is 0 Å². The molecular weight excluding hydrogens is 266 g/mol. The average molecular weight is 291 g/mol. The number of amides is 1. The smallest absolute Gasteiger partial charge is 0.219 e. The molecule has 1 aromatic rings. The number of aromatic nitrogens is 2. The number of anilines is 2. The Bertz CT molecular complexity index is 513. The predicted octanol–water partition coefficient (Wildman–Crippen LogP) is 2.16. The lowest BCUT2D eigenvalue weighted by Crippen LogP contribution is -2.25. The zero-order valence-electron chi connectivity index (χ0n) is 13.1. The molecule has 1 saturated carbocycles. The van der Waals surface area contributed by atoms with Crippen LogP contribution < -0.4 is 16.4 Å². The molecule has 1 aromatic heterocycles. The molecular formula is C15H25N5O. The first-order valence-corrected chi connectivity index (χ1v) is 7.68. The van der Waals surface area contributed by atoms with Gasteiger partial charge in [-0.25, -0.2) is 9.97 Å². The molecule has 0 radical (unpaired) electrons. The Morgan fingerprint density at radius 1 is 1.38 bits per heavy atom. The van der Waals surface area contributed by atoms with Gasteiger partial charge in [-0.1, -0.05) is 6.92 Å². The summed E-state index contributed by atoms with van der Waals surface area (Å²) in [5, 5.41) is 6.65. The summed E-state index contributed by atoms with van der Waals surface area (Å²) in [4.78, 5) is 20.3. The highest BCUT2D eigenvalue weighted by Gasteiger charge is 2.28. The number of nitrogens with zero attached hydrogens (tertiary/aromatic N) is 2. The molecule has 0 saturated heterocycles. The normalized spacial score (nSPS) is 15.6. The third kappa shape index (κ3) is 4.31. The zero-order chi connectivity index (χ0) is 15.4. The number of nitrogens with two attached hydrogens (primary N) is 1. The fourth-order valence-corrected chi connectivity index (χ4v) is 2.20. The SMILES string of the molecule is CCCNc1nc(C2CC2)nc(NC(C)CC(N)=O)c1C. The number of hydrogen-bond donors (Lipinski definition) is 3. The number of carbonyl (C=O) groups excluding carboxylic acids is 1. The lowest BCUT2D eigenvalue weighted by molar-refractivity contribution is -0.118. The summed E-state index contributed by atoms with van der Waals surface area (Å²) in [5.74, 6) is 2.77. The monoisotopic (exact) mass is 291 g/mol. The van der Waals surface area contributed by atoms with Crippen LogP contribution in [-0.2, 0) is 4.79 Å². The van der Waals surface area contributed by atoms with Crippen molar-refractivity contribution in [1.82, 2.24) is 9.97 Å². The van der Waals surface area contributed by atoms with Crippen molar-refractivity contribution in [2.75, 3.05) is 17.2 Å². The Morgan fingerprint density at radius 3 is 2.62 bits per heavy atom. The quantitative estimate of drug-likeness (QED) is 0.682. The van der Waals surface area contributed by atoms with E-state index in [0.717, 1.165) is 48.8 Å². The molecule has 1 atom stereocenters. The highest BCUT2D eigenvalue weighted by atomic mass is 16.1. The van der Waals surface area contributed by atoms with E-state index in [0.29, 0.717) is 12.3 Å². The van der Waals surface area contributed by atoms with E-state index in [-0.39, 0.29) is 11.9 Å². The molecule has 4 N–H and O–H groups in total. The first kappa shape index (κ1) is 15.5. The lowest BCUT2D eigenvalue weighted by atomic mass is 10.2. The number of hydrogen-bond acceptors (Lipinski definition) is 5. The maximum atomic E-state index is 11.0. The van der Waals surface area contributed by atoms with Gasteiger partial charge in [0.1, 0.15) is 17.5 Å². The van der Waals surface area contributed by atoms with Gasteiger partial charge in [-0.3, -0.25) is 4.79 Å². The molecule has 1 unspecified atom stereocenters. The summed E-state index contributed by atoms with van der Waals surface area (Å²) in [6.07, 6.45) is 3.65. The van der Waals surface area contributed by atoms with Crippen LogP contribution in [0.25, 0.3) is 0 Å². The minimum atomic E-state index is -0.312. The van der Waals surface area contributed by atoms with Crippen LogP contribution in [0.1, 0.15) is 56.8 Å². The Kier molecular flexibility index (Phi) is 4.98. The second kappa shape index (κ2) is 6.74. The van der Waals surface area contributed by atoms with Gasteiger partial charge in [0.05, 0.1) is 0 Å². The molecule has 2 rings (SSSR count). The van der Waals surface area contributed by atoms with E-state index >= 15 is 0 Å². The van der Waals surface area contributed by atoms with Crippen molar-refractivity contribution in [3.05, 3.63) is 11.4 Å². The van der Waals surface area contributed by atoms with Crippen molar-refractivity contribution in [2.24, 2.45) is 5.73 Å². The van der Waals surface area contributed by atoms with Gasteiger partial charge < -0.3 is 16.4 Å². The Labute approximate surface area is 125 Å². The molecule has 21 heavy (non-hydrogen) atoms. The maximum Gasteiger partial charge on any atom is 0.219 e. The van der Waals surface area contributed by atoms with Gasteiger partial charge in [-0.05, 0) is 33.1 Å². The van der Waals surface area contributed by atoms with E-state index in [1.54, 1.807) is 0 Å². The van der Waals surface area contributed by atoms with E-state index in [4.69, 9.17) is 5.73 Å². The number of carbonyl (C=O) groups is 1. The largest absolute Gasteiger partial charge is 0.370 e. The summed E-state index contributed by atoms with van der Waals surface area (Å²) in [5.41, 5.74) is 6.23. The van der Waals surface area contributed by atoms with Crippen LogP contribution in [0.4, 0.5) is 11.6 Å². The van der Waals surface area contributed by atoms with E-state index in [1.807, 2.05) is 13.8 Å². The summed E-state index contributed by atoms with van der Waals surface area (Å²) >= 11 is 0. The summed E-state index contributed by atoms with van der Waals surface area (Å²) in [6.45, 7) is 6.94. The lowest BCUT2D eigenvalue weighted by Gasteiger charge is -2.18. The van der Waals surface area contributed by atoms with Gasteiger partial charge in [0.2, 0.25) is 5.91 Å². The molecule has 0 aliphatic heterocycles. The predicted molar refractivity (Wildman–Crippen MR) is 84.4 cm³/mol. The molecule has 6 nitrogen and oxygen atoms in total. The van der Waals surface area contributed by atoms with Gasteiger partial charge >= 0.3 is 0 Å². The maximum absolute atomic E-state index is 11.0. The average Bonchev–Trinajstić information content (AvgIpc) is 3.23. The third-order valence-electron chi connectivity index (χ3n) is 3.54. The van der Waals surface area contributed by atoms with Crippen molar-refractivity contribution in [3.63, 3.8) is 0 Å². The second-order valence-electron chi connectivity index (χ2n) is 5.82. The highest BCUT2D eigenvalue weighted by Crippen LogP contribution is 2.39. The Hall–Kier alpha value is -1.85. The van der Waals surface area contributed by atoms with Gasteiger partial charge in [0, 0.05) is 30.5 Å². The van der Waals surface area contributed by atoms with Crippen LogP contribution in [0, 0.1) is 6.92 Å². The molecule has 1 aliphatic carbocycles. The topological polar surface area (TPSA) is 92.9 Å². The highest BCUT2D eigenvalue weighted by molar-refractivity contribution is 5.75. The molecule has 1 fully saturated rings. The summed E-state index contributed by atoms with van der Waals surface area (Å²) in [6, 6.07) is -0.0396. The van der Waals surface area contributed by atoms with E-state index in [9.17, 15) is 4.79 Å². The van der Waals surface area contributed by atoms with Crippen molar-refractivity contribution < 1.29 is 4.79 Å². The Balaban J connectivity index is 2.20. The summed E-state index contributed by atoms with van der Waals surface area (Å²) < 4.78 is 0. The molecule has 1 heterocycles. The standard InChI is InChI=1S/C15H25N5O/c1-4-7-17-13-10(3)14(18-9(2)8-12(16)21)20-15(19-13)11-5-6-11/h9,11H,4-8H2,1-3H3,(H2,16,21)(H2,17,18,19,20). The van der Waals surface area contributed by atoms with Crippen LogP contribution in [0.15, 0.2) is 0 Å². The fourth-order valence-electron chi connectivity index (χ4n) is 2.20. The number of primary amides is 1. The van der Waals surface area contributed by atoms with E-state index in [2.05, 4.69) is 27.5 Å². The fraction of sp³-hybridized carbons (Fsp3) is 0.667. The molecule has 1 aliphatic rings. The van der Waals surface area contributed by atoms with Gasteiger partial charge in [0.15, 0.2) is 0 Å². The third-order valence-corrected chi connectivity index (χ3v) is 3.54. The van der Waals surface area contributed by atoms with Crippen LogP contribution in [0.2, 0.25) is 0 Å². The number of nitrogens with one attached hydrogen (secondary N) is 2. The summed E-state index contributed by atoms with van der Waals surface area (Å²) in [7, 11) is 0. The van der Waals surface area contributed by atoms with Crippen molar-refractivity contribution in [2.45, 2.75) is 58.4 Å². The molecule has 6 heteroatoms. The van der Waals surface area contributed by atoms with Crippen LogP contribution >= 0.6 is 0 Å². The van der Waals surface area contributed by atoms with Crippen LogP contribution in [-0.4, -0.2) is 28.5 Å². The van der Waals surface area contributed by atoms with Gasteiger partial charge in [0.25, 0.3) is 0 Å². The molecule has 0 bridgehead atoms. The number of rotatable bonds is 8. The molecule has 0 aromatic carbocycles. The molecule has 0 spiro atoms. The molecule has 116 valence electrons. The minimum Gasteiger partial charge on any atom is -0.370 e. The first-order chi connectivity index (χ1) is 10.0. The van der Waals surface area contributed by atoms with Gasteiger partial charge in [-0.15, -0.1) is 0 Å².